The number of hydrogen-bond donors (Lipinski definition) is 0. The Kier molecular flexibility index (Phi) is 3.51. The van der Waals surface area contributed by atoms with Gasteiger partial charge in [0.05, 0.1) is 11.4 Å². The Labute approximate surface area is 118 Å². The van der Waals surface area contributed by atoms with Gasteiger partial charge in [0, 0.05) is 12.5 Å². The van der Waals surface area contributed by atoms with Crippen LogP contribution >= 0.6 is 11.3 Å². The first-order chi connectivity index (χ1) is 9.76. The molecular formula is C13H13N3O3S. The Morgan fingerprint density at radius 3 is 3.10 bits per heavy atom. The molecule has 0 spiro atoms. The van der Waals surface area contributed by atoms with Crippen LogP contribution in [0.1, 0.15) is 24.9 Å². The standard InChI is InChI=1S/C13H13N3O3S/c1-2-4-12-14-16(13(17)18-12)8-9-7-10(19-15-9)11-5-3-6-20-11/h3,5-7H,2,4,8H2,1H3. The van der Waals surface area contributed by atoms with Gasteiger partial charge < -0.3 is 8.94 Å². The fourth-order valence-electron chi connectivity index (χ4n) is 1.84. The lowest BCUT2D eigenvalue weighted by atomic mass is 10.3. The van der Waals surface area contributed by atoms with Gasteiger partial charge in [-0.15, -0.1) is 16.4 Å². The van der Waals surface area contributed by atoms with Crippen LogP contribution in [0.25, 0.3) is 10.6 Å². The minimum atomic E-state index is -0.464. The van der Waals surface area contributed by atoms with Gasteiger partial charge in [0.15, 0.2) is 5.76 Å². The molecule has 3 rings (SSSR count). The Hall–Kier alpha value is -2.15. The Morgan fingerprint density at radius 2 is 2.35 bits per heavy atom. The second-order valence-corrected chi connectivity index (χ2v) is 5.28. The number of aromatic nitrogens is 3. The summed E-state index contributed by atoms with van der Waals surface area (Å²) < 4.78 is 11.6. The van der Waals surface area contributed by atoms with Crippen LogP contribution in [0.2, 0.25) is 0 Å². The predicted molar refractivity (Wildman–Crippen MR) is 73.7 cm³/mol. The number of thiophene rings is 1. The van der Waals surface area contributed by atoms with E-state index in [9.17, 15) is 4.79 Å². The quantitative estimate of drug-likeness (QED) is 0.722. The van der Waals surface area contributed by atoms with Gasteiger partial charge in [0.2, 0.25) is 5.89 Å². The average molecular weight is 291 g/mol. The summed E-state index contributed by atoms with van der Waals surface area (Å²) in [5.74, 6) is 0.689. The SMILES string of the molecule is CCCc1nn(Cc2cc(-c3cccs3)on2)c(=O)o1. The monoisotopic (exact) mass is 291 g/mol. The second kappa shape index (κ2) is 5.46. The smallest absolute Gasteiger partial charge is 0.392 e. The third-order valence-electron chi connectivity index (χ3n) is 2.75. The Balaban J connectivity index is 1.80. The first-order valence-electron chi connectivity index (χ1n) is 6.32. The lowest BCUT2D eigenvalue weighted by Crippen LogP contribution is -2.16. The van der Waals surface area contributed by atoms with E-state index in [4.69, 9.17) is 8.94 Å². The van der Waals surface area contributed by atoms with Crippen molar-refractivity contribution in [2.75, 3.05) is 0 Å². The number of nitrogens with zero attached hydrogens (tertiary/aromatic N) is 3. The molecule has 0 aliphatic carbocycles. The van der Waals surface area contributed by atoms with Crippen molar-refractivity contribution < 1.29 is 8.94 Å². The van der Waals surface area contributed by atoms with Gasteiger partial charge in [-0.05, 0) is 17.9 Å². The molecule has 0 amide bonds. The molecule has 0 fully saturated rings. The van der Waals surface area contributed by atoms with Crippen molar-refractivity contribution in [1.29, 1.82) is 0 Å². The van der Waals surface area contributed by atoms with Gasteiger partial charge >= 0.3 is 5.76 Å². The maximum absolute atomic E-state index is 11.6. The maximum Gasteiger partial charge on any atom is 0.437 e. The zero-order valence-corrected chi connectivity index (χ0v) is 11.7. The van der Waals surface area contributed by atoms with Gasteiger partial charge in [-0.2, -0.15) is 4.68 Å². The molecule has 0 saturated carbocycles. The minimum absolute atomic E-state index is 0.251. The van der Waals surface area contributed by atoms with Crippen LogP contribution in [0.5, 0.6) is 0 Å². The summed E-state index contributed by atoms with van der Waals surface area (Å²) in [6.45, 7) is 2.25. The van der Waals surface area contributed by atoms with Crippen LogP contribution in [0.4, 0.5) is 0 Å². The van der Waals surface area contributed by atoms with Crippen molar-refractivity contribution in [2.45, 2.75) is 26.3 Å². The molecule has 0 N–H and O–H groups in total. The van der Waals surface area contributed by atoms with Crippen LogP contribution < -0.4 is 5.76 Å². The van der Waals surface area contributed by atoms with Gasteiger partial charge in [0.1, 0.15) is 5.69 Å². The molecule has 0 atom stereocenters. The molecule has 0 aromatic carbocycles. The van der Waals surface area contributed by atoms with Crippen molar-refractivity contribution in [2.24, 2.45) is 0 Å². The average Bonchev–Trinajstić information content (AvgIpc) is 3.13. The van der Waals surface area contributed by atoms with Gasteiger partial charge in [-0.3, -0.25) is 0 Å². The highest BCUT2D eigenvalue weighted by atomic mass is 32.1. The van der Waals surface area contributed by atoms with E-state index < -0.39 is 5.76 Å². The van der Waals surface area contributed by atoms with Gasteiger partial charge in [-0.25, -0.2) is 4.79 Å². The van der Waals surface area contributed by atoms with Crippen molar-refractivity contribution in [1.82, 2.24) is 14.9 Å². The Bertz CT molecular complexity index is 739. The molecular weight excluding hydrogens is 278 g/mol. The minimum Gasteiger partial charge on any atom is -0.392 e. The first kappa shape index (κ1) is 12.9. The fourth-order valence-corrected chi connectivity index (χ4v) is 2.51. The molecule has 20 heavy (non-hydrogen) atoms. The molecule has 0 radical (unpaired) electrons. The summed E-state index contributed by atoms with van der Waals surface area (Å²) in [7, 11) is 0. The van der Waals surface area contributed by atoms with E-state index in [2.05, 4.69) is 10.3 Å². The molecule has 0 unspecified atom stereocenters. The fraction of sp³-hybridized carbons (Fsp3) is 0.308. The van der Waals surface area contributed by atoms with Gasteiger partial charge in [0.25, 0.3) is 0 Å². The third kappa shape index (κ3) is 2.57. The summed E-state index contributed by atoms with van der Waals surface area (Å²) in [6.07, 6.45) is 1.54. The summed E-state index contributed by atoms with van der Waals surface area (Å²) in [4.78, 5) is 12.6. The normalized spacial score (nSPS) is 11.1. The van der Waals surface area contributed by atoms with Crippen LogP contribution in [0.3, 0.4) is 0 Å². The molecule has 6 nitrogen and oxygen atoms in total. The summed E-state index contributed by atoms with van der Waals surface area (Å²) in [5.41, 5.74) is 0.645. The highest BCUT2D eigenvalue weighted by Crippen LogP contribution is 2.25. The zero-order valence-electron chi connectivity index (χ0n) is 10.9. The first-order valence-corrected chi connectivity index (χ1v) is 7.20. The van der Waals surface area contributed by atoms with E-state index in [-0.39, 0.29) is 6.54 Å². The van der Waals surface area contributed by atoms with Crippen LogP contribution in [0.15, 0.2) is 37.3 Å². The lowest BCUT2D eigenvalue weighted by Gasteiger charge is -1.91. The maximum atomic E-state index is 11.6. The lowest BCUT2D eigenvalue weighted by molar-refractivity contribution is 0.415. The number of hydrogen-bond acceptors (Lipinski definition) is 6. The Morgan fingerprint density at radius 1 is 1.45 bits per heavy atom. The number of aryl methyl sites for hydroxylation is 1. The molecule has 104 valence electrons. The van der Waals surface area contributed by atoms with Gasteiger partial charge in [-0.1, -0.05) is 18.1 Å². The third-order valence-corrected chi connectivity index (χ3v) is 3.63. The van der Waals surface area contributed by atoms with E-state index in [0.29, 0.717) is 23.8 Å². The van der Waals surface area contributed by atoms with E-state index in [1.54, 1.807) is 11.3 Å². The largest absolute Gasteiger partial charge is 0.437 e. The molecule has 7 heteroatoms. The summed E-state index contributed by atoms with van der Waals surface area (Å²) >= 11 is 1.57. The molecule has 0 aliphatic heterocycles. The van der Waals surface area contributed by atoms with Crippen LogP contribution in [0, 0.1) is 0 Å². The predicted octanol–water partition coefficient (Wildman–Crippen LogP) is 2.55. The molecule has 3 heterocycles. The number of rotatable bonds is 5. The van der Waals surface area contributed by atoms with Crippen molar-refractivity contribution in [3.63, 3.8) is 0 Å². The van der Waals surface area contributed by atoms with E-state index in [1.807, 2.05) is 30.5 Å². The zero-order chi connectivity index (χ0) is 13.9. The second-order valence-electron chi connectivity index (χ2n) is 4.33. The summed E-state index contributed by atoms with van der Waals surface area (Å²) in [5, 5.41) is 10.0. The summed E-state index contributed by atoms with van der Waals surface area (Å²) in [6, 6.07) is 5.71. The van der Waals surface area contributed by atoms with Crippen molar-refractivity contribution >= 4 is 11.3 Å². The molecule has 0 saturated heterocycles. The molecule has 0 aliphatic rings. The van der Waals surface area contributed by atoms with Crippen LogP contribution in [-0.2, 0) is 13.0 Å². The molecule has 3 aromatic heterocycles. The topological polar surface area (TPSA) is 74.1 Å². The van der Waals surface area contributed by atoms with E-state index in [0.717, 1.165) is 11.3 Å². The highest BCUT2D eigenvalue weighted by molar-refractivity contribution is 7.13. The highest BCUT2D eigenvalue weighted by Gasteiger charge is 2.12. The van der Waals surface area contributed by atoms with E-state index in [1.165, 1.54) is 4.68 Å². The van der Waals surface area contributed by atoms with Crippen molar-refractivity contribution in [3.8, 4) is 10.6 Å². The molecule has 3 aromatic rings. The van der Waals surface area contributed by atoms with Crippen molar-refractivity contribution in [3.05, 3.63) is 45.7 Å². The van der Waals surface area contributed by atoms with E-state index >= 15 is 0 Å². The molecule has 0 bridgehead atoms. The van der Waals surface area contributed by atoms with Crippen LogP contribution in [-0.4, -0.2) is 14.9 Å².